The van der Waals surface area contributed by atoms with E-state index >= 15 is 0 Å². The Hall–Kier alpha value is -1.10. The zero-order chi connectivity index (χ0) is 15.2. The molecule has 3 unspecified atom stereocenters. The van der Waals surface area contributed by atoms with Crippen molar-refractivity contribution in [1.82, 2.24) is 10.2 Å². The number of nitrogens with one attached hydrogen (secondary N) is 1. The van der Waals surface area contributed by atoms with Crippen LogP contribution < -0.4 is 10.1 Å². The van der Waals surface area contributed by atoms with Crippen LogP contribution >= 0.6 is 0 Å². The van der Waals surface area contributed by atoms with E-state index in [0.29, 0.717) is 18.0 Å². The van der Waals surface area contributed by atoms with Gasteiger partial charge in [-0.25, -0.2) is 0 Å². The fourth-order valence-electron chi connectivity index (χ4n) is 3.31. The molecule has 0 amide bonds. The number of hydrogen-bond donors (Lipinski definition) is 1. The molecule has 0 saturated carbocycles. The highest BCUT2D eigenvalue weighted by Crippen LogP contribution is 2.27. The SMILES string of the molecule is CNC(c1ccc(OC)cc1)C(C)N1CCC(COC)C1. The van der Waals surface area contributed by atoms with E-state index < -0.39 is 0 Å². The van der Waals surface area contributed by atoms with Gasteiger partial charge in [-0.3, -0.25) is 4.90 Å². The molecule has 1 fully saturated rings. The predicted molar refractivity (Wildman–Crippen MR) is 85.8 cm³/mol. The summed E-state index contributed by atoms with van der Waals surface area (Å²) in [6.45, 7) is 5.46. The average molecular weight is 292 g/mol. The first kappa shape index (κ1) is 16.3. The van der Waals surface area contributed by atoms with Crippen LogP contribution in [-0.4, -0.2) is 51.9 Å². The van der Waals surface area contributed by atoms with Gasteiger partial charge in [-0.2, -0.15) is 0 Å². The number of nitrogens with zero attached hydrogens (tertiary/aromatic N) is 1. The number of likely N-dealkylation sites (tertiary alicyclic amines) is 1. The van der Waals surface area contributed by atoms with Crippen LogP contribution in [0.4, 0.5) is 0 Å². The molecule has 1 N–H and O–H groups in total. The Labute approximate surface area is 128 Å². The first-order valence-electron chi connectivity index (χ1n) is 7.73. The van der Waals surface area contributed by atoms with Crippen molar-refractivity contribution >= 4 is 0 Å². The molecule has 1 aliphatic rings. The topological polar surface area (TPSA) is 33.7 Å². The van der Waals surface area contributed by atoms with Crippen LogP contribution in [0.3, 0.4) is 0 Å². The fourth-order valence-corrected chi connectivity index (χ4v) is 3.31. The number of hydrogen-bond acceptors (Lipinski definition) is 4. The van der Waals surface area contributed by atoms with Crippen molar-refractivity contribution in [2.45, 2.75) is 25.4 Å². The van der Waals surface area contributed by atoms with Gasteiger partial charge in [-0.05, 0) is 50.6 Å². The summed E-state index contributed by atoms with van der Waals surface area (Å²) in [4.78, 5) is 2.56. The minimum Gasteiger partial charge on any atom is -0.497 e. The summed E-state index contributed by atoms with van der Waals surface area (Å²) >= 11 is 0. The highest BCUT2D eigenvalue weighted by atomic mass is 16.5. The van der Waals surface area contributed by atoms with Crippen molar-refractivity contribution in [2.24, 2.45) is 5.92 Å². The van der Waals surface area contributed by atoms with E-state index in [1.807, 2.05) is 19.2 Å². The maximum atomic E-state index is 5.29. The van der Waals surface area contributed by atoms with Gasteiger partial charge in [0.25, 0.3) is 0 Å². The van der Waals surface area contributed by atoms with E-state index in [9.17, 15) is 0 Å². The van der Waals surface area contributed by atoms with Crippen LogP contribution in [0.15, 0.2) is 24.3 Å². The number of benzene rings is 1. The van der Waals surface area contributed by atoms with E-state index in [1.54, 1.807) is 14.2 Å². The van der Waals surface area contributed by atoms with Crippen LogP contribution in [-0.2, 0) is 4.74 Å². The fraction of sp³-hybridized carbons (Fsp3) is 0.647. The zero-order valence-corrected chi connectivity index (χ0v) is 13.6. The summed E-state index contributed by atoms with van der Waals surface area (Å²) in [6, 6.07) is 9.16. The second-order valence-corrected chi connectivity index (χ2v) is 5.89. The van der Waals surface area contributed by atoms with E-state index in [0.717, 1.165) is 25.4 Å². The highest BCUT2D eigenvalue weighted by Gasteiger charge is 2.30. The van der Waals surface area contributed by atoms with Crippen LogP contribution in [0.25, 0.3) is 0 Å². The quantitative estimate of drug-likeness (QED) is 0.836. The number of rotatable bonds is 7. The van der Waals surface area contributed by atoms with Crippen molar-refractivity contribution in [3.05, 3.63) is 29.8 Å². The van der Waals surface area contributed by atoms with E-state index in [2.05, 4.69) is 29.3 Å². The molecule has 21 heavy (non-hydrogen) atoms. The van der Waals surface area contributed by atoms with Gasteiger partial charge in [0.2, 0.25) is 0 Å². The average Bonchev–Trinajstić information content (AvgIpc) is 2.97. The molecule has 4 nitrogen and oxygen atoms in total. The Morgan fingerprint density at radius 3 is 2.57 bits per heavy atom. The lowest BCUT2D eigenvalue weighted by Gasteiger charge is -2.32. The highest BCUT2D eigenvalue weighted by molar-refractivity contribution is 5.29. The lowest BCUT2D eigenvalue weighted by atomic mass is 9.99. The first-order valence-corrected chi connectivity index (χ1v) is 7.73. The molecular weight excluding hydrogens is 264 g/mol. The molecule has 1 aliphatic heterocycles. The first-order chi connectivity index (χ1) is 10.2. The van der Waals surface area contributed by atoms with Gasteiger partial charge >= 0.3 is 0 Å². The van der Waals surface area contributed by atoms with Crippen molar-refractivity contribution in [1.29, 1.82) is 0 Å². The Balaban J connectivity index is 2.02. The standard InChI is InChI=1S/C17H28N2O2/c1-13(19-10-9-14(11-19)12-20-3)17(18-2)15-5-7-16(21-4)8-6-15/h5-8,13-14,17-18H,9-12H2,1-4H3. The lowest BCUT2D eigenvalue weighted by Crippen LogP contribution is -2.41. The molecule has 0 radical (unpaired) electrons. The lowest BCUT2D eigenvalue weighted by molar-refractivity contribution is 0.143. The molecule has 4 heteroatoms. The molecule has 0 spiro atoms. The maximum Gasteiger partial charge on any atom is 0.118 e. The van der Waals surface area contributed by atoms with Gasteiger partial charge in [0.15, 0.2) is 0 Å². The zero-order valence-electron chi connectivity index (χ0n) is 13.6. The monoisotopic (exact) mass is 292 g/mol. The minimum absolute atomic E-state index is 0.331. The Morgan fingerprint density at radius 1 is 1.29 bits per heavy atom. The van der Waals surface area contributed by atoms with Crippen molar-refractivity contribution in [3.8, 4) is 5.75 Å². The molecule has 1 aromatic carbocycles. The largest absolute Gasteiger partial charge is 0.497 e. The van der Waals surface area contributed by atoms with Crippen LogP contribution in [0.5, 0.6) is 5.75 Å². The van der Waals surface area contributed by atoms with Crippen LogP contribution in [0.2, 0.25) is 0 Å². The van der Waals surface area contributed by atoms with Crippen molar-refractivity contribution < 1.29 is 9.47 Å². The van der Waals surface area contributed by atoms with Gasteiger partial charge < -0.3 is 14.8 Å². The van der Waals surface area contributed by atoms with Crippen molar-refractivity contribution in [2.75, 3.05) is 41.0 Å². The molecule has 0 bridgehead atoms. The number of likely N-dealkylation sites (N-methyl/N-ethyl adjacent to an activating group) is 1. The van der Waals surface area contributed by atoms with Gasteiger partial charge in [0.1, 0.15) is 5.75 Å². The molecule has 2 rings (SSSR count). The molecule has 0 aliphatic carbocycles. The summed E-state index contributed by atoms with van der Waals surface area (Å²) in [7, 11) is 5.53. The number of ether oxygens (including phenoxy) is 2. The molecule has 0 aromatic heterocycles. The normalized spacial score (nSPS) is 22.2. The van der Waals surface area contributed by atoms with E-state index in [1.165, 1.54) is 12.0 Å². The molecule has 1 aromatic rings. The Morgan fingerprint density at radius 2 is 2.00 bits per heavy atom. The van der Waals surface area contributed by atoms with E-state index in [-0.39, 0.29) is 0 Å². The number of methoxy groups -OCH3 is 2. The van der Waals surface area contributed by atoms with Gasteiger partial charge in [-0.1, -0.05) is 12.1 Å². The molecular formula is C17H28N2O2. The molecule has 3 atom stereocenters. The Bertz CT molecular complexity index is 421. The van der Waals surface area contributed by atoms with Gasteiger partial charge in [0.05, 0.1) is 13.7 Å². The van der Waals surface area contributed by atoms with Crippen LogP contribution in [0, 0.1) is 5.92 Å². The molecule has 1 heterocycles. The maximum absolute atomic E-state index is 5.29. The smallest absolute Gasteiger partial charge is 0.118 e. The second kappa shape index (κ2) is 7.78. The third kappa shape index (κ3) is 3.96. The third-order valence-electron chi connectivity index (χ3n) is 4.56. The van der Waals surface area contributed by atoms with Gasteiger partial charge in [-0.15, -0.1) is 0 Å². The minimum atomic E-state index is 0.331. The summed E-state index contributed by atoms with van der Waals surface area (Å²) in [6.07, 6.45) is 1.23. The predicted octanol–water partition coefficient (Wildman–Crippen LogP) is 2.31. The summed E-state index contributed by atoms with van der Waals surface area (Å²) in [5.74, 6) is 1.58. The third-order valence-corrected chi connectivity index (χ3v) is 4.56. The van der Waals surface area contributed by atoms with Crippen LogP contribution in [0.1, 0.15) is 24.9 Å². The second-order valence-electron chi connectivity index (χ2n) is 5.89. The van der Waals surface area contributed by atoms with E-state index in [4.69, 9.17) is 9.47 Å². The summed E-state index contributed by atoms with van der Waals surface area (Å²) in [5, 5.41) is 3.47. The molecule has 118 valence electrons. The molecule has 1 saturated heterocycles. The summed E-state index contributed by atoms with van der Waals surface area (Å²) in [5.41, 5.74) is 1.31. The Kier molecular flexibility index (Phi) is 6.03. The summed E-state index contributed by atoms with van der Waals surface area (Å²) < 4.78 is 10.5. The van der Waals surface area contributed by atoms with Crippen molar-refractivity contribution in [3.63, 3.8) is 0 Å². The van der Waals surface area contributed by atoms with Gasteiger partial charge in [0, 0.05) is 25.7 Å².